The molecule has 0 spiro atoms. The fourth-order valence-corrected chi connectivity index (χ4v) is 8.36. The zero-order valence-corrected chi connectivity index (χ0v) is 26.8. The van der Waals surface area contributed by atoms with Crippen molar-refractivity contribution in [3.8, 4) is 28.1 Å². The number of aromatic amines is 1. The molecule has 3 aromatic heterocycles. The largest absolute Gasteiger partial charge is 0.354 e. The Labute approximate surface area is 285 Å². The van der Waals surface area contributed by atoms with E-state index < -0.39 is 0 Å². The number of benzene rings is 7. The first kappa shape index (κ1) is 26.8. The predicted octanol–water partition coefficient (Wildman–Crippen LogP) is 12.1. The Morgan fingerprint density at radius 3 is 1.96 bits per heavy atom. The van der Waals surface area contributed by atoms with Gasteiger partial charge in [0.2, 0.25) is 0 Å². The van der Waals surface area contributed by atoms with Crippen molar-refractivity contribution in [3.05, 3.63) is 151 Å². The summed E-state index contributed by atoms with van der Waals surface area (Å²) < 4.78 is 2.42. The number of H-pyrrole nitrogens is 1. The van der Waals surface area contributed by atoms with Crippen LogP contribution in [-0.2, 0) is 0 Å². The molecule has 3 heterocycles. The van der Waals surface area contributed by atoms with Crippen LogP contribution >= 0.6 is 11.6 Å². The van der Waals surface area contributed by atoms with Gasteiger partial charge in [-0.15, -0.1) is 0 Å². The highest BCUT2D eigenvalue weighted by molar-refractivity contribution is 6.38. The Bertz CT molecular complexity index is 3100. The molecule has 0 aliphatic carbocycles. The molecule has 0 unspecified atom stereocenters. The highest BCUT2D eigenvalue weighted by Gasteiger charge is 2.22. The second-order valence-electron chi connectivity index (χ2n) is 12.8. The van der Waals surface area contributed by atoms with Crippen LogP contribution < -0.4 is 0 Å². The van der Waals surface area contributed by atoms with E-state index in [9.17, 15) is 0 Å². The topological polar surface area (TPSA) is 46.5 Å². The van der Waals surface area contributed by atoms with Gasteiger partial charge in [-0.2, -0.15) is 0 Å². The molecule has 0 fully saturated rings. The first-order valence-electron chi connectivity index (χ1n) is 16.5. The highest BCUT2D eigenvalue weighted by atomic mass is 35.5. The number of aromatic nitrogens is 4. The SMILES string of the molecule is Clc1nc2c(-c3ccc(-n4c5cccc6c7ccccc7c7cccc8[nH]c9ccc4c(c9c87)c65)cc3)cccc2nc1-c1ccccc1. The lowest BCUT2D eigenvalue weighted by Gasteiger charge is -2.12. The smallest absolute Gasteiger partial charge is 0.156 e. The molecule has 228 valence electrons. The summed E-state index contributed by atoms with van der Waals surface area (Å²) >= 11 is 6.75. The van der Waals surface area contributed by atoms with Crippen molar-refractivity contribution in [1.29, 1.82) is 0 Å². The Morgan fingerprint density at radius 2 is 1.14 bits per heavy atom. The summed E-state index contributed by atoms with van der Waals surface area (Å²) in [7, 11) is 0. The molecule has 1 N–H and O–H groups in total. The molecule has 8 aromatic carbocycles. The summed E-state index contributed by atoms with van der Waals surface area (Å²) in [6.07, 6.45) is 0. The van der Waals surface area contributed by atoms with Crippen molar-refractivity contribution in [1.82, 2.24) is 19.5 Å². The molecular weight excluding hydrogens is 620 g/mol. The highest BCUT2D eigenvalue weighted by Crippen LogP contribution is 2.46. The van der Waals surface area contributed by atoms with Gasteiger partial charge in [-0.1, -0.05) is 115 Å². The Hall–Kier alpha value is -6.23. The van der Waals surface area contributed by atoms with E-state index in [4.69, 9.17) is 21.6 Å². The first-order valence-corrected chi connectivity index (χ1v) is 16.8. The average molecular weight is 645 g/mol. The molecule has 0 saturated heterocycles. The third kappa shape index (κ3) is 3.69. The van der Waals surface area contributed by atoms with Gasteiger partial charge in [-0.3, -0.25) is 0 Å². The van der Waals surface area contributed by atoms with Gasteiger partial charge in [0, 0.05) is 49.4 Å². The molecule has 0 saturated carbocycles. The molecule has 4 nitrogen and oxygen atoms in total. The van der Waals surface area contributed by atoms with Crippen LogP contribution in [0.5, 0.6) is 0 Å². The lowest BCUT2D eigenvalue weighted by atomic mass is 9.95. The van der Waals surface area contributed by atoms with Crippen molar-refractivity contribution < 1.29 is 0 Å². The second-order valence-corrected chi connectivity index (χ2v) is 13.1. The van der Waals surface area contributed by atoms with Gasteiger partial charge < -0.3 is 9.55 Å². The van der Waals surface area contributed by atoms with E-state index in [-0.39, 0.29) is 0 Å². The fourth-order valence-electron chi connectivity index (χ4n) is 8.12. The van der Waals surface area contributed by atoms with Crippen LogP contribution in [-0.4, -0.2) is 19.5 Å². The molecule has 49 heavy (non-hydrogen) atoms. The lowest BCUT2D eigenvalue weighted by molar-refractivity contribution is 1.18. The minimum Gasteiger partial charge on any atom is -0.354 e. The molecule has 0 atom stereocenters. The minimum absolute atomic E-state index is 0.398. The van der Waals surface area contributed by atoms with Crippen molar-refractivity contribution >= 4 is 87.8 Å². The summed E-state index contributed by atoms with van der Waals surface area (Å²) in [6, 6.07) is 51.6. The van der Waals surface area contributed by atoms with E-state index >= 15 is 0 Å². The average Bonchev–Trinajstić information content (AvgIpc) is 3.70. The Balaban J connectivity index is 1.16. The quantitative estimate of drug-likeness (QED) is 0.208. The van der Waals surface area contributed by atoms with Gasteiger partial charge in [-0.05, 0) is 69.6 Å². The third-order valence-corrected chi connectivity index (χ3v) is 10.4. The number of hydrogen-bond donors (Lipinski definition) is 1. The van der Waals surface area contributed by atoms with E-state index in [1.807, 2.05) is 42.5 Å². The summed E-state index contributed by atoms with van der Waals surface area (Å²) in [6.45, 7) is 0. The van der Waals surface area contributed by atoms with E-state index in [1.54, 1.807) is 0 Å². The minimum atomic E-state index is 0.398. The number of rotatable bonds is 3. The van der Waals surface area contributed by atoms with Gasteiger partial charge in [0.1, 0.15) is 5.69 Å². The molecule has 0 aliphatic heterocycles. The van der Waals surface area contributed by atoms with Crippen molar-refractivity contribution in [2.24, 2.45) is 0 Å². The van der Waals surface area contributed by atoms with Crippen molar-refractivity contribution in [2.45, 2.75) is 0 Å². The molecule has 0 bridgehead atoms. The van der Waals surface area contributed by atoms with Crippen LogP contribution in [0.4, 0.5) is 0 Å². The fraction of sp³-hybridized carbons (Fsp3) is 0. The van der Waals surface area contributed by atoms with Crippen molar-refractivity contribution in [2.75, 3.05) is 0 Å². The van der Waals surface area contributed by atoms with Gasteiger partial charge in [0.15, 0.2) is 5.15 Å². The molecule has 5 heteroatoms. The molecule has 11 aromatic rings. The number of halogens is 1. The predicted molar refractivity (Wildman–Crippen MR) is 205 cm³/mol. The maximum absolute atomic E-state index is 6.75. The number of nitrogens with zero attached hydrogens (tertiary/aromatic N) is 3. The van der Waals surface area contributed by atoms with Crippen LogP contribution in [0.15, 0.2) is 146 Å². The summed E-state index contributed by atoms with van der Waals surface area (Å²) in [5, 5.41) is 10.6. The van der Waals surface area contributed by atoms with Gasteiger partial charge in [0.25, 0.3) is 0 Å². The van der Waals surface area contributed by atoms with Crippen molar-refractivity contribution in [3.63, 3.8) is 0 Å². The Morgan fingerprint density at radius 1 is 0.469 bits per heavy atom. The van der Waals surface area contributed by atoms with Gasteiger partial charge in [0.05, 0.1) is 22.1 Å². The van der Waals surface area contributed by atoms with E-state index in [1.165, 1.54) is 54.1 Å². The molecule has 0 radical (unpaired) electrons. The normalized spacial score (nSPS) is 12.2. The monoisotopic (exact) mass is 644 g/mol. The maximum Gasteiger partial charge on any atom is 0.156 e. The standard InChI is InChI=1S/C44H25ClN4/c45-44-42(26-9-2-1-3-10-26)47-35-17-6-13-28(43(35)48-44)25-19-21-27(22-20-25)49-36-18-8-15-32-30-12-5-4-11-29(30)31-14-7-16-33-38(31)40-34(46-33)23-24-37(49)41(40)39(32)36/h1-24,46H. The van der Waals surface area contributed by atoms with Gasteiger partial charge in [-0.25, -0.2) is 9.97 Å². The van der Waals surface area contributed by atoms with Crippen LogP contribution in [0, 0.1) is 0 Å². The van der Waals surface area contributed by atoms with E-state index in [0.29, 0.717) is 10.8 Å². The molecular formula is C44H25ClN4. The van der Waals surface area contributed by atoms with Crippen LogP contribution in [0.1, 0.15) is 0 Å². The van der Waals surface area contributed by atoms with Crippen LogP contribution in [0.3, 0.4) is 0 Å². The number of para-hydroxylation sites is 1. The summed E-state index contributed by atoms with van der Waals surface area (Å²) in [4.78, 5) is 13.5. The lowest BCUT2D eigenvalue weighted by Crippen LogP contribution is -1.95. The number of fused-ring (bicyclic) bond motifs is 4. The van der Waals surface area contributed by atoms with Crippen LogP contribution in [0.2, 0.25) is 5.15 Å². The summed E-state index contributed by atoms with van der Waals surface area (Å²) in [5.41, 5.74) is 11.1. The maximum atomic E-state index is 6.75. The van der Waals surface area contributed by atoms with Gasteiger partial charge >= 0.3 is 0 Å². The Kier molecular flexibility index (Phi) is 5.41. The van der Waals surface area contributed by atoms with Crippen LogP contribution in [0.25, 0.3) is 104 Å². The third-order valence-electron chi connectivity index (χ3n) is 10.2. The summed E-state index contributed by atoms with van der Waals surface area (Å²) in [5.74, 6) is 0. The zero-order valence-electron chi connectivity index (χ0n) is 26.1. The van der Waals surface area contributed by atoms with E-state index in [2.05, 4.69) is 113 Å². The molecule has 0 aliphatic rings. The number of hydrogen-bond acceptors (Lipinski definition) is 2. The molecule has 11 rings (SSSR count). The first-order chi connectivity index (χ1) is 24.2. The van der Waals surface area contributed by atoms with E-state index in [0.717, 1.165) is 44.4 Å². The second kappa shape index (κ2) is 9.89. The molecule has 0 amide bonds. The number of nitrogens with one attached hydrogen (secondary N) is 1. The zero-order chi connectivity index (χ0) is 32.2.